The van der Waals surface area contributed by atoms with Crippen LogP contribution in [0.5, 0.6) is 5.75 Å². The molecule has 0 saturated carbocycles. The number of benzene rings is 2. The van der Waals surface area contributed by atoms with E-state index in [1.165, 1.54) is 0 Å². The zero-order valence-corrected chi connectivity index (χ0v) is 24.4. The molecule has 2 saturated heterocycles. The molecule has 2 aromatic carbocycles. The van der Waals surface area contributed by atoms with E-state index in [-0.39, 0.29) is 22.9 Å². The van der Waals surface area contributed by atoms with Gasteiger partial charge in [0.05, 0.1) is 0 Å². The SMILES string of the molecule is CN1CC2CC(NC(=O)Nc3ccccc3C=Cc3cc(C(C)(C)C)c(O)c(C(C)(C)C)c3)CC(C1)N2C. The molecule has 0 aromatic heterocycles. The number of piperazine rings is 1. The van der Waals surface area contributed by atoms with Crippen LogP contribution in [-0.2, 0) is 10.8 Å². The number of anilines is 1. The van der Waals surface area contributed by atoms with E-state index in [2.05, 4.69) is 94.3 Å². The van der Waals surface area contributed by atoms with Crippen molar-refractivity contribution in [3.8, 4) is 5.75 Å². The second-order valence-corrected chi connectivity index (χ2v) is 13.3. The lowest BCUT2D eigenvalue weighted by Crippen LogP contribution is -2.63. The van der Waals surface area contributed by atoms with Crippen molar-refractivity contribution in [3.63, 3.8) is 0 Å². The third kappa shape index (κ3) is 6.41. The number of urea groups is 1. The molecule has 2 heterocycles. The minimum absolute atomic E-state index is 0.151. The van der Waals surface area contributed by atoms with Crippen molar-refractivity contribution in [2.45, 2.75) is 83.3 Å². The number of likely N-dealkylation sites (N-methyl/N-ethyl adjacent to an activating group) is 2. The molecule has 2 bridgehead atoms. The van der Waals surface area contributed by atoms with Gasteiger partial charge in [-0.05, 0) is 67.1 Å². The van der Waals surface area contributed by atoms with Crippen LogP contribution in [0.3, 0.4) is 0 Å². The van der Waals surface area contributed by atoms with Crippen LogP contribution in [0.2, 0.25) is 0 Å². The quantitative estimate of drug-likeness (QED) is 0.431. The predicted octanol–water partition coefficient (Wildman–Crippen LogP) is 6.06. The highest BCUT2D eigenvalue weighted by atomic mass is 16.3. The summed E-state index contributed by atoms with van der Waals surface area (Å²) in [6.45, 7) is 14.8. The normalized spacial score (nSPS) is 23.0. The molecule has 2 aromatic rings. The summed E-state index contributed by atoms with van der Waals surface area (Å²) < 4.78 is 0. The Kier molecular flexibility index (Phi) is 7.96. The Labute approximate surface area is 229 Å². The van der Waals surface area contributed by atoms with Gasteiger partial charge in [0.15, 0.2) is 0 Å². The van der Waals surface area contributed by atoms with Crippen LogP contribution in [0.25, 0.3) is 12.2 Å². The van der Waals surface area contributed by atoms with E-state index in [4.69, 9.17) is 0 Å². The fourth-order valence-electron chi connectivity index (χ4n) is 5.88. The number of hydrogen-bond donors (Lipinski definition) is 3. The van der Waals surface area contributed by atoms with Crippen molar-refractivity contribution in [2.75, 3.05) is 32.5 Å². The second-order valence-electron chi connectivity index (χ2n) is 13.3. The van der Waals surface area contributed by atoms with Crippen LogP contribution in [0.1, 0.15) is 76.6 Å². The molecule has 0 aliphatic carbocycles. The summed E-state index contributed by atoms with van der Waals surface area (Å²) in [5.41, 5.74) is 4.24. The van der Waals surface area contributed by atoms with E-state index in [1.807, 2.05) is 30.3 Å². The number of likely N-dealkylation sites (tertiary alicyclic amines) is 1. The summed E-state index contributed by atoms with van der Waals surface area (Å²) in [5.74, 6) is 0.380. The van der Waals surface area contributed by atoms with Crippen LogP contribution >= 0.6 is 0 Å². The standard InChI is InChI=1S/C32H46N4O2/c1-31(2,3)26-15-21(16-27(29(26)37)32(4,5)6)13-14-22-11-9-10-12-28(22)34-30(38)33-23-17-24-19-35(7)20-25(18-23)36(24)8/h9-16,23-25,37H,17-20H2,1-8H3,(H2,33,34,38). The summed E-state index contributed by atoms with van der Waals surface area (Å²) in [4.78, 5) is 17.9. The van der Waals surface area contributed by atoms with Crippen LogP contribution in [0.15, 0.2) is 36.4 Å². The van der Waals surface area contributed by atoms with Crippen LogP contribution in [-0.4, -0.2) is 66.2 Å². The van der Waals surface area contributed by atoms with E-state index >= 15 is 0 Å². The largest absolute Gasteiger partial charge is 0.507 e. The van der Waals surface area contributed by atoms with Gasteiger partial charge in [-0.25, -0.2) is 4.79 Å². The molecule has 2 atom stereocenters. The van der Waals surface area contributed by atoms with E-state index < -0.39 is 0 Å². The van der Waals surface area contributed by atoms with Gasteiger partial charge in [0.25, 0.3) is 0 Å². The van der Waals surface area contributed by atoms with Crippen molar-refractivity contribution >= 4 is 23.9 Å². The highest BCUT2D eigenvalue weighted by molar-refractivity contribution is 5.92. The molecule has 4 rings (SSSR count). The number of nitrogens with zero attached hydrogens (tertiary/aromatic N) is 2. The first-order valence-electron chi connectivity index (χ1n) is 13.9. The Morgan fingerprint density at radius 3 is 2.03 bits per heavy atom. The summed E-state index contributed by atoms with van der Waals surface area (Å²) in [7, 11) is 4.40. The maximum Gasteiger partial charge on any atom is 0.319 e. The summed E-state index contributed by atoms with van der Waals surface area (Å²) in [6.07, 6.45) is 6.05. The van der Waals surface area contributed by atoms with E-state index in [0.29, 0.717) is 17.8 Å². The maximum atomic E-state index is 13.0. The average Bonchev–Trinajstić information content (AvgIpc) is 2.79. The topological polar surface area (TPSA) is 67.8 Å². The Bertz CT molecular complexity index is 1140. The molecule has 2 fully saturated rings. The smallest absolute Gasteiger partial charge is 0.319 e. The number of aromatic hydroxyl groups is 1. The van der Waals surface area contributed by atoms with Gasteiger partial charge < -0.3 is 20.6 Å². The second kappa shape index (κ2) is 10.7. The molecule has 6 nitrogen and oxygen atoms in total. The van der Waals surface area contributed by atoms with Crippen LogP contribution in [0.4, 0.5) is 10.5 Å². The number of nitrogens with one attached hydrogen (secondary N) is 2. The lowest BCUT2D eigenvalue weighted by molar-refractivity contribution is 0.0101. The molecule has 2 unspecified atom stereocenters. The number of carbonyl (C=O) groups is 1. The fraction of sp³-hybridized carbons (Fsp3) is 0.531. The van der Waals surface area contributed by atoms with Crippen molar-refractivity contribution in [3.05, 3.63) is 58.7 Å². The summed E-state index contributed by atoms with van der Waals surface area (Å²) in [6, 6.07) is 13.0. The average molecular weight is 519 g/mol. The number of rotatable bonds is 4. The van der Waals surface area contributed by atoms with E-state index in [9.17, 15) is 9.90 Å². The first kappa shape index (κ1) is 28.2. The van der Waals surface area contributed by atoms with Crippen molar-refractivity contribution in [2.24, 2.45) is 0 Å². The molecule has 206 valence electrons. The molecule has 38 heavy (non-hydrogen) atoms. The van der Waals surface area contributed by atoms with E-state index in [0.717, 1.165) is 53.9 Å². The maximum absolute atomic E-state index is 13.0. The first-order chi connectivity index (χ1) is 17.7. The minimum Gasteiger partial charge on any atom is -0.507 e. The fourth-order valence-corrected chi connectivity index (χ4v) is 5.88. The van der Waals surface area contributed by atoms with E-state index in [1.54, 1.807) is 0 Å². The van der Waals surface area contributed by atoms with Gasteiger partial charge in [0.2, 0.25) is 0 Å². The van der Waals surface area contributed by atoms with Gasteiger partial charge in [0.1, 0.15) is 5.75 Å². The Balaban J connectivity index is 1.51. The number of carbonyl (C=O) groups excluding carboxylic acids is 1. The minimum atomic E-state index is -0.187. The van der Waals surface area contributed by atoms with Crippen molar-refractivity contribution < 1.29 is 9.90 Å². The first-order valence-corrected chi connectivity index (χ1v) is 13.9. The number of amides is 2. The summed E-state index contributed by atoms with van der Waals surface area (Å²) in [5, 5.41) is 17.4. The van der Waals surface area contributed by atoms with Gasteiger partial charge >= 0.3 is 6.03 Å². The molecular weight excluding hydrogens is 472 g/mol. The molecule has 2 amide bonds. The van der Waals surface area contributed by atoms with Gasteiger partial charge in [-0.1, -0.05) is 71.9 Å². The molecule has 0 radical (unpaired) electrons. The summed E-state index contributed by atoms with van der Waals surface area (Å²) >= 11 is 0. The van der Waals surface area contributed by atoms with Gasteiger partial charge in [-0.2, -0.15) is 0 Å². The van der Waals surface area contributed by atoms with Gasteiger partial charge in [0, 0.05) is 48.0 Å². The number of hydrogen-bond acceptors (Lipinski definition) is 4. The molecule has 2 aliphatic rings. The van der Waals surface area contributed by atoms with Gasteiger partial charge in [-0.3, -0.25) is 4.90 Å². The predicted molar refractivity (Wildman–Crippen MR) is 159 cm³/mol. The van der Waals surface area contributed by atoms with Gasteiger partial charge in [-0.15, -0.1) is 0 Å². The third-order valence-electron chi connectivity index (χ3n) is 8.06. The molecule has 2 aliphatic heterocycles. The Morgan fingerprint density at radius 1 is 0.921 bits per heavy atom. The van der Waals surface area contributed by atoms with Crippen molar-refractivity contribution in [1.82, 2.24) is 15.1 Å². The number of phenolic OH excluding ortho intramolecular Hbond substituents is 1. The molecule has 6 heteroatoms. The number of para-hydroxylation sites is 1. The number of fused-ring (bicyclic) bond motifs is 2. The Morgan fingerprint density at radius 2 is 1.47 bits per heavy atom. The third-order valence-corrected chi connectivity index (χ3v) is 8.06. The highest BCUT2D eigenvalue weighted by Gasteiger charge is 2.38. The molecular formula is C32H46N4O2. The van der Waals surface area contributed by atoms with Crippen LogP contribution in [0, 0.1) is 0 Å². The zero-order valence-electron chi connectivity index (χ0n) is 24.4. The molecule has 3 N–H and O–H groups in total. The lowest BCUT2D eigenvalue weighted by atomic mass is 9.78. The molecule has 0 spiro atoms. The Hall–Kier alpha value is -2.83. The zero-order chi connectivity index (χ0) is 27.8. The lowest BCUT2D eigenvalue weighted by Gasteiger charge is -2.50. The number of phenols is 1. The number of piperidine rings is 1. The van der Waals surface area contributed by atoms with Crippen molar-refractivity contribution in [1.29, 1.82) is 0 Å². The highest BCUT2D eigenvalue weighted by Crippen LogP contribution is 2.40. The monoisotopic (exact) mass is 518 g/mol. The van der Waals surface area contributed by atoms with Crippen LogP contribution < -0.4 is 10.6 Å².